The van der Waals surface area contributed by atoms with Crippen LogP contribution in [0.3, 0.4) is 0 Å². The Morgan fingerprint density at radius 1 is 1.15 bits per heavy atom. The summed E-state index contributed by atoms with van der Waals surface area (Å²) in [5.41, 5.74) is 2.56. The molecule has 1 N–H and O–H groups in total. The van der Waals surface area contributed by atoms with Gasteiger partial charge in [0.25, 0.3) is 5.91 Å². The maximum Gasteiger partial charge on any atom is 0.252 e. The molecule has 1 aliphatic heterocycles. The van der Waals surface area contributed by atoms with Gasteiger partial charge in [-0.3, -0.25) is 14.6 Å². The molecular weight excluding hydrogens is 352 g/mol. The number of rotatable bonds is 6. The maximum absolute atomic E-state index is 12.4. The predicted octanol–water partition coefficient (Wildman–Crippen LogP) is 1.99. The minimum Gasteiger partial charge on any atom is -0.367 e. The minimum atomic E-state index is -0.139. The third kappa shape index (κ3) is 4.73. The van der Waals surface area contributed by atoms with Crippen molar-refractivity contribution >= 4 is 29.6 Å². The van der Waals surface area contributed by atoms with E-state index in [1.165, 1.54) is 0 Å². The largest absolute Gasteiger partial charge is 0.367 e. The summed E-state index contributed by atoms with van der Waals surface area (Å²) in [5.74, 6) is -0.139. The van der Waals surface area contributed by atoms with Gasteiger partial charge in [-0.2, -0.15) is 0 Å². The third-order valence-electron chi connectivity index (χ3n) is 4.43. The van der Waals surface area contributed by atoms with Gasteiger partial charge in [0.2, 0.25) is 6.41 Å². The van der Waals surface area contributed by atoms with Crippen LogP contribution in [0.1, 0.15) is 15.9 Å². The lowest BCUT2D eigenvalue weighted by Gasteiger charge is -2.34. The maximum atomic E-state index is 12.4. The van der Waals surface area contributed by atoms with E-state index in [-0.39, 0.29) is 5.91 Å². The van der Waals surface area contributed by atoms with E-state index in [1.54, 1.807) is 17.3 Å². The zero-order valence-corrected chi connectivity index (χ0v) is 15.2. The summed E-state index contributed by atoms with van der Waals surface area (Å²) < 4.78 is 0. The molecule has 1 aliphatic rings. The molecule has 7 heteroatoms. The average molecular weight is 373 g/mol. The Bertz CT molecular complexity index is 758. The number of carbonyl (C=O) groups excluding carboxylic acids is 2. The molecule has 136 valence electrons. The fourth-order valence-electron chi connectivity index (χ4n) is 2.88. The van der Waals surface area contributed by atoms with Crippen molar-refractivity contribution in [3.8, 4) is 0 Å². The highest BCUT2D eigenvalue weighted by Gasteiger charge is 2.17. The van der Waals surface area contributed by atoms with Gasteiger partial charge in [0.15, 0.2) is 0 Å². The lowest BCUT2D eigenvalue weighted by atomic mass is 10.1. The number of piperazine rings is 1. The second-order valence-electron chi connectivity index (χ2n) is 6.19. The van der Waals surface area contributed by atoms with Gasteiger partial charge in [0.1, 0.15) is 0 Å². The monoisotopic (exact) mass is 372 g/mol. The molecule has 0 bridgehead atoms. The molecule has 3 rings (SSSR count). The molecule has 2 heterocycles. The number of nitrogens with zero attached hydrogens (tertiary/aromatic N) is 3. The number of pyridine rings is 1. The highest BCUT2D eigenvalue weighted by atomic mass is 35.5. The number of nitrogens with one attached hydrogen (secondary N) is 1. The zero-order valence-electron chi connectivity index (χ0n) is 14.4. The van der Waals surface area contributed by atoms with Crippen molar-refractivity contribution in [2.24, 2.45) is 0 Å². The van der Waals surface area contributed by atoms with Crippen molar-refractivity contribution in [3.63, 3.8) is 0 Å². The number of hydrogen-bond acceptors (Lipinski definition) is 4. The summed E-state index contributed by atoms with van der Waals surface area (Å²) in [6.45, 7) is 3.38. The summed E-state index contributed by atoms with van der Waals surface area (Å²) in [4.78, 5) is 31.3. The molecule has 0 spiro atoms. The lowest BCUT2D eigenvalue weighted by molar-refractivity contribution is -0.118. The van der Waals surface area contributed by atoms with Gasteiger partial charge in [0, 0.05) is 43.9 Å². The van der Waals surface area contributed by atoms with Crippen LogP contribution in [0.2, 0.25) is 5.02 Å². The number of amides is 2. The number of anilines is 1. The molecular formula is C19H21ClN4O2. The molecule has 1 aromatic carbocycles. The molecule has 1 saturated heterocycles. The summed E-state index contributed by atoms with van der Waals surface area (Å²) in [7, 11) is 0. The molecule has 0 saturated carbocycles. The fourth-order valence-corrected chi connectivity index (χ4v) is 3.01. The van der Waals surface area contributed by atoms with E-state index in [4.69, 9.17) is 11.6 Å². The molecule has 26 heavy (non-hydrogen) atoms. The van der Waals surface area contributed by atoms with Crippen LogP contribution >= 0.6 is 11.6 Å². The molecule has 0 radical (unpaired) electrons. The Labute approximate surface area is 157 Å². The normalized spacial score (nSPS) is 14.2. The van der Waals surface area contributed by atoms with Crippen molar-refractivity contribution in [2.45, 2.75) is 6.42 Å². The van der Waals surface area contributed by atoms with E-state index in [2.05, 4.69) is 15.2 Å². The first kappa shape index (κ1) is 18.2. The van der Waals surface area contributed by atoms with Crippen molar-refractivity contribution in [3.05, 3.63) is 58.9 Å². The number of benzene rings is 1. The quantitative estimate of drug-likeness (QED) is 0.787. The standard InChI is InChI=1S/C19H21ClN4O2/c20-17-3-1-15(2-4-17)5-6-22-19(26)16-11-18(13-21-12-16)24-9-7-23(14-25)8-10-24/h1-4,11-14H,5-10H2,(H,22,26). The highest BCUT2D eigenvalue weighted by molar-refractivity contribution is 6.30. The van der Waals surface area contributed by atoms with E-state index >= 15 is 0 Å². The first-order chi connectivity index (χ1) is 12.7. The van der Waals surface area contributed by atoms with Gasteiger partial charge in [-0.1, -0.05) is 23.7 Å². The fraction of sp³-hybridized carbons (Fsp3) is 0.316. The van der Waals surface area contributed by atoms with Crippen LogP contribution < -0.4 is 10.2 Å². The molecule has 0 unspecified atom stereocenters. The third-order valence-corrected chi connectivity index (χ3v) is 4.68. The number of hydrogen-bond donors (Lipinski definition) is 1. The van der Waals surface area contributed by atoms with Crippen LogP contribution in [0.4, 0.5) is 5.69 Å². The molecule has 0 aliphatic carbocycles. The first-order valence-electron chi connectivity index (χ1n) is 8.58. The van der Waals surface area contributed by atoms with Gasteiger partial charge >= 0.3 is 0 Å². The molecule has 1 fully saturated rings. The Morgan fingerprint density at radius 3 is 2.58 bits per heavy atom. The van der Waals surface area contributed by atoms with Gasteiger partial charge in [-0.05, 0) is 30.2 Å². The van der Waals surface area contributed by atoms with E-state index in [1.807, 2.05) is 30.3 Å². The summed E-state index contributed by atoms with van der Waals surface area (Å²) >= 11 is 5.87. The molecule has 6 nitrogen and oxygen atoms in total. The van der Waals surface area contributed by atoms with Crippen LogP contribution in [0.25, 0.3) is 0 Å². The second-order valence-corrected chi connectivity index (χ2v) is 6.63. The number of halogens is 1. The molecule has 0 atom stereocenters. The Morgan fingerprint density at radius 2 is 1.88 bits per heavy atom. The lowest BCUT2D eigenvalue weighted by Crippen LogP contribution is -2.45. The van der Waals surface area contributed by atoms with E-state index in [9.17, 15) is 9.59 Å². The van der Waals surface area contributed by atoms with Crippen LogP contribution in [0.15, 0.2) is 42.7 Å². The molecule has 2 aromatic rings. The minimum absolute atomic E-state index is 0.139. The SMILES string of the molecule is O=CN1CCN(c2cncc(C(=O)NCCc3ccc(Cl)cc3)c2)CC1. The summed E-state index contributed by atoms with van der Waals surface area (Å²) in [5, 5.41) is 3.63. The van der Waals surface area contributed by atoms with Gasteiger partial charge in [-0.25, -0.2) is 0 Å². The topological polar surface area (TPSA) is 65.5 Å². The number of carbonyl (C=O) groups is 2. The molecule has 1 aromatic heterocycles. The molecule has 2 amide bonds. The van der Waals surface area contributed by atoms with E-state index in [0.717, 1.165) is 37.2 Å². The van der Waals surface area contributed by atoms with Crippen LogP contribution in [0, 0.1) is 0 Å². The van der Waals surface area contributed by atoms with E-state index < -0.39 is 0 Å². The van der Waals surface area contributed by atoms with Gasteiger partial charge in [0.05, 0.1) is 17.4 Å². The summed E-state index contributed by atoms with van der Waals surface area (Å²) in [6, 6.07) is 9.44. The van der Waals surface area contributed by atoms with Crippen molar-refractivity contribution < 1.29 is 9.59 Å². The highest BCUT2D eigenvalue weighted by Crippen LogP contribution is 2.16. The Balaban J connectivity index is 1.54. The first-order valence-corrected chi connectivity index (χ1v) is 8.95. The smallest absolute Gasteiger partial charge is 0.252 e. The van der Waals surface area contributed by atoms with Crippen molar-refractivity contribution in [1.82, 2.24) is 15.2 Å². The van der Waals surface area contributed by atoms with Crippen LogP contribution in [-0.2, 0) is 11.2 Å². The zero-order chi connectivity index (χ0) is 18.4. The van der Waals surface area contributed by atoms with Crippen LogP contribution in [0.5, 0.6) is 0 Å². The van der Waals surface area contributed by atoms with Crippen molar-refractivity contribution in [2.75, 3.05) is 37.6 Å². The van der Waals surface area contributed by atoms with Gasteiger partial charge in [-0.15, -0.1) is 0 Å². The Hall–Kier alpha value is -2.60. The average Bonchev–Trinajstić information content (AvgIpc) is 2.69. The van der Waals surface area contributed by atoms with Gasteiger partial charge < -0.3 is 15.1 Å². The second kappa shape index (κ2) is 8.67. The predicted molar refractivity (Wildman–Crippen MR) is 102 cm³/mol. The van der Waals surface area contributed by atoms with Crippen LogP contribution in [-0.4, -0.2) is 54.9 Å². The Kier molecular flexibility index (Phi) is 6.07. The van der Waals surface area contributed by atoms with Crippen molar-refractivity contribution in [1.29, 1.82) is 0 Å². The number of aromatic nitrogens is 1. The summed E-state index contributed by atoms with van der Waals surface area (Å²) in [6.07, 6.45) is 4.94. The van der Waals surface area contributed by atoms with E-state index in [0.29, 0.717) is 30.2 Å².